The zero-order chi connectivity index (χ0) is 38.3. The van der Waals surface area contributed by atoms with Gasteiger partial charge in [0.15, 0.2) is 0 Å². The number of likely N-dealkylation sites (tertiary alicyclic amines) is 1. The smallest absolute Gasteiger partial charge is 0.320 e. The molecule has 2 aromatic heterocycles. The summed E-state index contributed by atoms with van der Waals surface area (Å²) in [5, 5.41) is 28.7. The van der Waals surface area contributed by atoms with Crippen molar-refractivity contribution in [2.24, 2.45) is 0 Å². The standard InChI is InChI=1S/C41H56N8O3Si/c1-40(2,3)35-25-37(49(46-35)27-16-18-28(19-17-27)52-53(8,9)41(4,5)6)45-39(50)44-32-21-22-34(31-14-11-10-13-30(31)32)51-29-20-23-36(42)48(26-29)38(43)33-15-12-24-47(33)7/h10-11,13-14,16-20,23,25-26,32-34,42-43H,12,15,21-22,24H2,1-9H3,(H2,44,45,50). The maximum Gasteiger partial charge on any atom is 0.320 e. The summed E-state index contributed by atoms with van der Waals surface area (Å²) in [5.74, 6) is 2.41. The van der Waals surface area contributed by atoms with Gasteiger partial charge in [-0.1, -0.05) is 65.8 Å². The van der Waals surface area contributed by atoms with Gasteiger partial charge in [-0.3, -0.25) is 25.6 Å². The molecule has 0 bridgehead atoms. The van der Waals surface area contributed by atoms with Gasteiger partial charge in [-0.2, -0.15) is 5.10 Å². The molecular weight excluding hydrogens is 681 g/mol. The number of hydrogen-bond acceptors (Lipinski definition) is 7. The molecule has 3 heterocycles. The zero-order valence-corrected chi connectivity index (χ0v) is 33.7. The summed E-state index contributed by atoms with van der Waals surface area (Å²) in [6, 6.07) is 20.9. The Morgan fingerprint density at radius 2 is 1.60 bits per heavy atom. The number of likely N-dealkylation sites (N-methyl/N-ethyl adjacent to an activating group) is 1. The van der Waals surface area contributed by atoms with Crippen LogP contribution in [0.4, 0.5) is 10.6 Å². The third-order valence-corrected chi connectivity index (χ3v) is 15.4. The van der Waals surface area contributed by atoms with Gasteiger partial charge in [0.05, 0.1) is 29.7 Å². The van der Waals surface area contributed by atoms with Gasteiger partial charge in [0.2, 0.25) is 8.32 Å². The highest BCUT2D eigenvalue weighted by Gasteiger charge is 2.39. The first-order valence-corrected chi connectivity index (χ1v) is 21.6. The Morgan fingerprint density at radius 1 is 0.925 bits per heavy atom. The first kappa shape index (κ1) is 38.1. The zero-order valence-electron chi connectivity index (χ0n) is 32.7. The van der Waals surface area contributed by atoms with Gasteiger partial charge in [0.25, 0.3) is 0 Å². The lowest BCUT2D eigenvalue weighted by atomic mass is 9.85. The predicted octanol–water partition coefficient (Wildman–Crippen LogP) is 8.53. The van der Waals surface area contributed by atoms with Crippen LogP contribution in [-0.4, -0.2) is 59.1 Å². The minimum absolute atomic E-state index is 0.0149. The first-order chi connectivity index (χ1) is 24.9. The van der Waals surface area contributed by atoms with Gasteiger partial charge in [-0.15, -0.1) is 0 Å². The van der Waals surface area contributed by atoms with E-state index in [1.54, 1.807) is 27.6 Å². The maximum atomic E-state index is 13.7. The second-order valence-corrected chi connectivity index (χ2v) is 21.8. The van der Waals surface area contributed by atoms with Crippen molar-refractivity contribution in [3.05, 3.63) is 95.2 Å². The molecule has 53 heavy (non-hydrogen) atoms. The van der Waals surface area contributed by atoms with Gasteiger partial charge >= 0.3 is 6.03 Å². The number of rotatable bonds is 8. The van der Waals surface area contributed by atoms with E-state index >= 15 is 0 Å². The van der Waals surface area contributed by atoms with Crippen LogP contribution in [0, 0.1) is 10.8 Å². The number of hydrogen-bond donors (Lipinski definition) is 4. The van der Waals surface area contributed by atoms with Crippen LogP contribution in [0.5, 0.6) is 11.5 Å². The van der Waals surface area contributed by atoms with E-state index in [2.05, 4.69) is 76.2 Å². The van der Waals surface area contributed by atoms with Gasteiger partial charge in [0, 0.05) is 11.5 Å². The summed E-state index contributed by atoms with van der Waals surface area (Å²) in [6.07, 6.45) is 4.84. The number of benzene rings is 2. The van der Waals surface area contributed by atoms with E-state index in [-0.39, 0.29) is 40.2 Å². The van der Waals surface area contributed by atoms with E-state index in [9.17, 15) is 4.79 Å². The summed E-state index contributed by atoms with van der Waals surface area (Å²) in [6.45, 7) is 18.4. The number of nitrogens with zero attached hydrogens (tertiary/aromatic N) is 4. The Balaban J connectivity index is 1.18. The number of ether oxygens (including phenoxy) is 1. The van der Waals surface area contributed by atoms with Crippen molar-refractivity contribution in [3.63, 3.8) is 0 Å². The Labute approximate surface area is 314 Å². The third kappa shape index (κ3) is 8.28. The maximum absolute atomic E-state index is 13.7. The van der Waals surface area contributed by atoms with Crippen LogP contribution in [0.15, 0.2) is 72.9 Å². The van der Waals surface area contributed by atoms with Crippen LogP contribution >= 0.6 is 0 Å². The van der Waals surface area contributed by atoms with Crippen molar-refractivity contribution in [3.8, 4) is 17.2 Å². The number of nitrogens with one attached hydrogen (secondary N) is 4. The highest BCUT2D eigenvalue weighted by molar-refractivity contribution is 6.74. The summed E-state index contributed by atoms with van der Waals surface area (Å²) >= 11 is 0. The summed E-state index contributed by atoms with van der Waals surface area (Å²) < 4.78 is 16.5. The SMILES string of the molecule is CN1CCCC1C(=N)n1cc(OC2CCC(NC(=O)Nc3cc(C(C)(C)C)nn3-c3ccc(O[Si](C)(C)C(C)(C)C)cc3)c3ccccc32)ccc1=N. The Hall–Kier alpha value is -4.68. The lowest BCUT2D eigenvalue weighted by Gasteiger charge is -2.36. The van der Waals surface area contributed by atoms with Crippen molar-refractivity contribution in [2.45, 2.75) is 109 Å². The lowest BCUT2D eigenvalue weighted by molar-refractivity contribution is 0.171. The molecule has 4 N–H and O–H groups in total. The molecule has 1 aliphatic heterocycles. The number of urea groups is 1. The highest BCUT2D eigenvalue weighted by Crippen LogP contribution is 2.40. The van der Waals surface area contributed by atoms with Crippen molar-refractivity contribution in [2.75, 3.05) is 18.9 Å². The third-order valence-electron chi connectivity index (χ3n) is 11.0. The number of fused-ring (bicyclic) bond motifs is 1. The molecule has 2 aromatic carbocycles. The minimum Gasteiger partial charge on any atom is -0.544 e. The van der Waals surface area contributed by atoms with Gasteiger partial charge in [0.1, 0.15) is 34.7 Å². The van der Waals surface area contributed by atoms with Crippen molar-refractivity contribution < 1.29 is 14.0 Å². The molecule has 282 valence electrons. The van der Waals surface area contributed by atoms with E-state index in [0.29, 0.717) is 30.2 Å². The summed E-state index contributed by atoms with van der Waals surface area (Å²) in [7, 11) is 0.0355. The fraction of sp³-hybridized carbons (Fsp3) is 0.463. The number of anilines is 1. The normalized spacial score (nSPS) is 19.4. The van der Waals surface area contributed by atoms with Crippen molar-refractivity contribution in [1.29, 1.82) is 10.8 Å². The molecule has 6 rings (SSSR count). The Kier molecular flexibility index (Phi) is 10.5. The van der Waals surface area contributed by atoms with Crippen molar-refractivity contribution >= 4 is 26.0 Å². The molecule has 0 radical (unpaired) electrons. The molecule has 0 spiro atoms. The molecule has 12 heteroatoms. The first-order valence-electron chi connectivity index (χ1n) is 18.7. The molecule has 1 aliphatic carbocycles. The quantitative estimate of drug-likeness (QED) is 0.0818. The number of carbonyl (C=O) groups is 1. The van der Waals surface area contributed by atoms with Crippen LogP contribution in [0.1, 0.15) is 96.2 Å². The highest BCUT2D eigenvalue weighted by atomic mass is 28.4. The predicted molar refractivity (Wildman–Crippen MR) is 213 cm³/mol. The van der Waals surface area contributed by atoms with E-state index in [1.165, 1.54) is 0 Å². The number of pyridine rings is 1. The lowest BCUT2D eigenvalue weighted by Crippen LogP contribution is -2.43. The van der Waals surface area contributed by atoms with E-state index in [0.717, 1.165) is 47.6 Å². The summed E-state index contributed by atoms with van der Waals surface area (Å²) in [5.41, 5.74) is 3.73. The molecule has 11 nitrogen and oxygen atoms in total. The van der Waals surface area contributed by atoms with Gasteiger partial charge in [-0.25, -0.2) is 9.48 Å². The molecule has 2 aliphatic rings. The van der Waals surface area contributed by atoms with Crippen LogP contribution in [0.2, 0.25) is 18.1 Å². The second kappa shape index (κ2) is 14.6. The van der Waals surface area contributed by atoms with Gasteiger partial charge in [-0.05, 0) is 105 Å². The van der Waals surface area contributed by atoms with E-state index in [1.807, 2.05) is 55.6 Å². The summed E-state index contributed by atoms with van der Waals surface area (Å²) in [4.78, 5) is 15.9. The van der Waals surface area contributed by atoms with Crippen LogP contribution in [0.3, 0.4) is 0 Å². The number of aromatic nitrogens is 3. The van der Waals surface area contributed by atoms with E-state index < -0.39 is 8.32 Å². The molecule has 3 unspecified atom stereocenters. The Morgan fingerprint density at radius 3 is 2.25 bits per heavy atom. The fourth-order valence-electron chi connectivity index (χ4n) is 6.80. The van der Waals surface area contributed by atoms with E-state index in [4.69, 9.17) is 25.1 Å². The van der Waals surface area contributed by atoms with Crippen LogP contribution < -0.4 is 25.3 Å². The minimum atomic E-state index is -1.99. The second-order valence-electron chi connectivity index (χ2n) is 17.0. The molecule has 3 atom stereocenters. The molecule has 2 amide bonds. The Bertz CT molecular complexity index is 2020. The molecule has 1 fully saturated rings. The number of carbonyl (C=O) groups excluding carboxylic acids is 1. The average Bonchev–Trinajstić information content (AvgIpc) is 3.72. The number of amides is 2. The molecule has 4 aromatic rings. The molecular formula is C41H56N8O3Si. The molecule has 0 saturated carbocycles. The van der Waals surface area contributed by atoms with Crippen molar-refractivity contribution in [1.82, 2.24) is 24.6 Å². The van der Waals surface area contributed by atoms with Crippen LogP contribution in [-0.2, 0) is 5.41 Å². The fourth-order valence-corrected chi connectivity index (χ4v) is 7.83. The average molecular weight is 737 g/mol. The molecule has 1 saturated heterocycles. The van der Waals surface area contributed by atoms with Gasteiger partial charge < -0.3 is 14.5 Å². The monoisotopic (exact) mass is 736 g/mol. The topological polar surface area (TPSA) is 133 Å². The largest absolute Gasteiger partial charge is 0.544 e. The van der Waals surface area contributed by atoms with Crippen LogP contribution in [0.25, 0.3) is 5.69 Å².